The standard InChI is InChI=1S/C3H6S2Se/c6-5-2-3-1-4-3/h3,6H,1-2H2. The second-order valence-electron chi connectivity index (χ2n) is 1.25. The molecule has 0 saturated carbocycles. The first-order chi connectivity index (χ1) is 2.93. The summed E-state index contributed by atoms with van der Waals surface area (Å²) in [6.45, 7) is 0. The minimum absolute atomic E-state index is 1.01. The molecular weight excluding hydrogens is 179 g/mol. The molecule has 1 fully saturated rings. The van der Waals surface area contributed by atoms with E-state index in [1.54, 1.807) is 0 Å². The molecule has 1 atom stereocenters. The first-order valence-electron chi connectivity index (χ1n) is 1.81. The summed E-state index contributed by atoms with van der Waals surface area (Å²) in [5, 5.41) is 1.01. The van der Waals surface area contributed by atoms with Crippen LogP contribution in [0, 0.1) is 0 Å². The van der Waals surface area contributed by atoms with E-state index in [4.69, 9.17) is 0 Å². The van der Waals surface area contributed by atoms with Crippen molar-refractivity contribution in [2.24, 2.45) is 0 Å². The van der Waals surface area contributed by atoms with E-state index >= 15 is 0 Å². The molecule has 0 amide bonds. The molecule has 0 nitrogen and oxygen atoms in total. The van der Waals surface area contributed by atoms with E-state index in [1.165, 1.54) is 11.5 Å². The van der Waals surface area contributed by atoms with Gasteiger partial charge in [0, 0.05) is 0 Å². The molecule has 0 bridgehead atoms. The number of hydrogen-bond acceptors (Lipinski definition) is 2. The van der Waals surface area contributed by atoms with Crippen LogP contribution in [0.5, 0.6) is 0 Å². The molecule has 0 radical (unpaired) electrons. The van der Waals surface area contributed by atoms with E-state index in [9.17, 15) is 0 Å². The molecule has 1 aliphatic heterocycles. The molecule has 1 rings (SSSR count). The van der Waals surface area contributed by atoms with E-state index in [0.29, 0.717) is 0 Å². The van der Waals surface area contributed by atoms with Crippen LogP contribution in [0.2, 0.25) is 0 Å². The van der Waals surface area contributed by atoms with Crippen molar-refractivity contribution in [3.63, 3.8) is 0 Å². The fraction of sp³-hybridized carbons (Fsp3) is 1.00. The normalized spacial score (nSPS) is 30.5. The summed E-state index contributed by atoms with van der Waals surface area (Å²) in [5.41, 5.74) is 0. The number of hydrogen-bond donors (Lipinski definition) is 0. The zero-order valence-electron chi connectivity index (χ0n) is 3.26. The second-order valence-corrected chi connectivity index (χ2v) is 4.80. The molecule has 1 unspecified atom stereocenters. The van der Waals surface area contributed by atoms with E-state index in [1.807, 2.05) is 10.2 Å². The quantitative estimate of drug-likeness (QED) is 0.457. The SMILES string of the molecule is [SeH]SCC1CS1. The Balaban J connectivity index is 1.88. The Kier molecular flexibility index (Phi) is 2.24. The van der Waals surface area contributed by atoms with Gasteiger partial charge in [0.05, 0.1) is 0 Å². The van der Waals surface area contributed by atoms with E-state index < -0.39 is 0 Å². The maximum atomic E-state index is 2.54. The van der Waals surface area contributed by atoms with Crippen molar-refractivity contribution in [1.82, 2.24) is 0 Å². The molecule has 1 saturated heterocycles. The third kappa shape index (κ3) is 1.78. The third-order valence-corrected chi connectivity index (χ3v) is 3.33. The summed E-state index contributed by atoms with van der Waals surface area (Å²) < 4.78 is 0. The Morgan fingerprint density at radius 3 is 2.83 bits per heavy atom. The molecule has 0 aromatic carbocycles. The summed E-state index contributed by atoms with van der Waals surface area (Å²) in [6.07, 6.45) is 0. The van der Waals surface area contributed by atoms with Crippen molar-refractivity contribution in [2.45, 2.75) is 5.25 Å². The molecule has 0 N–H and O–H groups in total. The van der Waals surface area contributed by atoms with Crippen LogP contribution in [0.25, 0.3) is 0 Å². The molecule has 1 aliphatic rings. The summed E-state index contributed by atoms with van der Waals surface area (Å²) in [4.78, 5) is 0. The van der Waals surface area contributed by atoms with Gasteiger partial charge in [0.15, 0.2) is 0 Å². The fourth-order valence-electron chi connectivity index (χ4n) is 0.247. The van der Waals surface area contributed by atoms with Crippen molar-refractivity contribution < 1.29 is 0 Å². The van der Waals surface area contributed by atoms with Gasteiger partial charge in [0.2, 0.25) is 0 Å². The maximum absolute atomic E-state index is 2.54. The monoisotopic (exact) mass is 186 g/mol. The van der Waals surface area contributed by atoms with Crippen LogP contribution in [-0.2, 0) is 0 Å². The van der Waals surface area contributed by atoms with Gasteiger partial charge in [-0.15, -0.1) is 0 Å². The Bertz CT molecular complexity index is 44.1. The van der Waals surface area contributed by atoms with Crippen molar-refractivity contribution in [1.29, 1.82) is 0 Å². The van der Waals surface area contributed by atoms with Gasteiger partial charge in [-0.2, -0.15) is 0 Å². The average Bonchev–Trinajstić information content (AvgIpc) is 2.21. The molecule has 0 aromatic rings. The topological polar surface area (TPSA) is 0 Å². The summed E-state index contributed by atoms with van der Waals surface area (Å²) in [7, 11) is 1.89. The van der Waals surface area contributed by atoms with E-state index in [2.05, 4.69) is 26.7 Å². The van der Waals surface area contributed by atoms with Crippen LogP contribution in [0.1, 0.15) is 0 Å². The van der Waals surface area contributed by atoms with Crippen molar-refractivity contribution >= 4 is 36.8 Å². The summed E-state index contributed by atoms with van der Waals surface area (Å²) in [6, 6.07) is 0. The first kappa shape index (κ1) is 5.36. The molecule has 1 heterocycles. The van der Waals surface area contributed by atoms with Crippen LogP contribution in [0.3, 0.4) is 0 Å². The van der Waals surface area contributed by atoms with Gasteiger partial charge in [-0.05, 0) is 0 Å². The molecule has 0 spiro atoms. The third-order valence-electron chi connectivity index (χ3n) is 0.663. The Hall–Kier alpha value is 1.22. The van der Waals surface area contributed by atoms with Crippen molar-refractivity contribution in [2.75, 3.05) is 11.5 Å². The molecular formula is C3H6S2Se. The van der Waals surface area contributed by atoms with Gasteiger partial charge in [-0.3, -0.25) is 0 Å². The summed E-state index contributed by atoms with van der Waals surface area (Å²) in [5.74, 6) is 2.75. The minimum atomic E-state index is 1.01. The van der Waals surface area contributed by atoms with Gasteiger partial charge < -0.3 is 0 Å². The first-order valence-corrected chi connectivity index (χ1v) is 6.10. The summed E-state index contributed by atoms with van der Waals surface area (Å²) >= 11 is 4.60. The van der Waals surface area contributed by atoms with Gasteiger partial charge >= 0.3 is 53.6 Å². The zero-order chi connectivity index (χ0) is 4.41. The van der Waals surface area contributed by atoms with Crippen LogP contribution in [-0.4, -0.2) is 31.6 Å². The van der Waals surface area contributed by atoms with Gasteiger partial charge in [0.1, 0.15) is 0 Å². The molecule has 0 aliphatic carbocycles. The predicted octanol–water partition coefficient (Wildman–Crippen LogP) is 0.651. The predicted molar refractivity (Wildman–Crippen MR) is 35.9 cm³/mol. The number of thioether (sulfide) groups is 1. The van der Waals surface area contributed by atoms with Crippen molar-refractivity contribution in [3.8, 4) is 0 Å². The zero-order valence-corrected chi connectivity index (χ0v) is 6.76. The van der Waals surface area contributed by atoms with Crippen LogP contribution in [0.15, 0.2) is 0 Å². The van der Waals surface area contributed by atoms with Crippen LogP contribution in [0.4, 0.5) is 0 Å². The molecule has 0 aromatic heterocycles. The Morgan fingerprint density at radius 2 is 2.67 bits per heavy atom. The van der Waals surface area contributed by atoms with Gasteiger partial charge in [-0.1, -0.05) is 0 Å². The average molecular weight is 185 g/mol. The second kappa shape index (κ2) is 2.51. The fourth-order valence-corrected chi connectivity index (χ4v) is 3.31. The number of rotatable bonds is 2. The molecule has 3 heteroatoms. The molecule has 36 valence electrons. The van der Waals surface area contributed by atoms with Crippen LogP contribution < -0.4 is 0 Å². The van der Waals surface area contributed by atoms with Gasteiger partial charge in [0.25, 0.3) is 0 Å². The molecule has 6 heavy (non-hydrogen) atoms. The Morgan fingerprint density at radius 1 is 2.00 bits per heavy atom. The Labute approximate surface area is 53.7 Å². The van der Waals surface area contributed by atoms with Crippen LogP contribution >= 0.6 is 21.9 Å². The van der Waals surface area contributed by atoms with Gasteiger partial charge in [-0.25, -0.2) is 0 Å². The van der Waals surface area contributed by atoms with Crippen molar-refractivity contribution in [3.05, 3.63) is 0 Å². The van der Waals surface area contributed by atoms with E-state index in [-0.39, 0.29) is 0 Å². The van der Waals surface area contributed by atoms with E-state index in [0.717, 1.165) is 5.25 Å².